The summed E-state index contributed by atoms with van der Waals surface area (Å²) in [5, 5.41) is 2.65. The molecule has 0 aliphatic carbocycles. The van der Waals surface area contributed by atoms with E-state index in [1.54, 1.807) is 6.92 Å². The topological polar surface area (TPSA) is 103 Å². The molecule has 0 aliphatic heterocycles. The van der Waals surface area contributed by atoms with E-state index >= 15 is 0 Å². The zero-order chi connectivity index (χ0) is 24.8. The lowest BCUT2D eigenvalue weighted by Crippen LogP contribution is -2.58. The first-order valence-electron chi connectivity index (χ1n) is 11.0. The fourth-order valence-corrected chi connectivity index (χ4v) is 3.28. The number of hydrogen-bond acceptors (Lipinski definition) is 7. The zero-order valence-corrected chi connectivity index (χ0v) is 19.8. The molecule has 34 heavy (non-hydrogen) atoms. The molecule has 0 aromatic heterocycles. The Morgan fingerprint density at radius 2 is 1.47 bits per heavy atom. The summed E-state index contributed by atoms with van der Waals surface area (Å²) in [6.45, 7) is 2.05. The fraction of sp³-hybridized carbons (Fsp3) is 0.400. The average Bonchev–Trinajstić information content (AvgIpc) is 2.85. The highest BCUT2D eigenvalue weighted by Crippen LogP contribution is 2.13. The summed E-state index contributed by atoms with van der Waals surface area (Å²) in [5.74, 6) is -1.20. The van der Waals surface area contributed by atoms with Crippen LogP contribution in [0.1, 0.15) is 24.5 Å². The molecule has 184 valence electrons. The highest BCUT2D eigenvalue weighted by atomic mass is 16.7. The molecule has 0 heterocycles. The number of benzene rings is 2. The van der Waals surface area contributed by atoms with Crippen LogP contribution in [0.4, 0.5) is 4.79 Å². The van der Waals surface area contributed by atoms with Gasteiger partial charge in [-0.2, -0.15) is 0 Å². The predicted molar refractivity (Wildman–Crippen MR) is 124 cm³/mol. The van der Waals surface area contributed by atoms with Gasteiger partial charge in [-0.25, -0.2) is 4.79 Å². The molecule has 2 amide bonds. The third-order valence-electron chi connectivity index (χ3n) is 4.94. The first-order chi connectivity index (χ1) is 16.5. The largest absolute Gasteiger partial charge is 0.466 e. The number of nitrogens with zero attached hydrogens (tertiary/aromatic N) is 1. The number of carbonyl (C=O) groups excluding carboxylic acids is 3. The zero-order valence-electron chi connectivity index (χ0n) is 19.8. The Morgan fingerprint density at radius 1 is 0.882 bits per heavy atom. The summed E-state index contributed by atoms with van der Waals surface area (Å²) < 4.78 is 21.0. The number of hydrogen-bond donors (Lipinski definition) is 1. The van der Waals surface area contributed by atoms with Crippen molar-refractivity contribution in [3.63, 3.8) is 0 Å². The van der Waals surface area contributed by atoms with Gasteiger partial charge in [-0.05, 0) is 24.5 Å². The maximum absolute atomic E-state index is 13.1. The molecule has 0 unspecified atom stereocenters. The van der Waals surface area contributed by atoms with Gasteiger partial charge in [0.2, 0.25) is 5.91 Å². The van der Waals surface area contributed by atoms with Crippen LogP contribution < -0.4 is 5.32 Å². The molecule has 2 aromatic carbocycles. The molecular weight excluding hydrogens is 440 g/mol. The van der Waals surface area contributed by atoms with E-state index in [4.69, 9.17) is 18.9 Å². The smallest absolute Gasteiger partial charge is 0.409 e. The van der Waals surface area contributed by atoms with Crippen LogP contribution in [0.25, 0.3) is 0 Å². The van der Waals surface area contributed by atoms with Crippen LogP contribution >= 0.6 is 0 Å². The summed E-state index contributed by atoms with van der Waals surface area (Å²) in [5.41, 5.74) is 1.79. The number of nitrogens with one attached hydrogen (secondary N) is 1. The lowest BCUT2D eigenvalue weighted by molar-refractivity contribution is -0.169. The van der Waals surface area contributed by atoms with Gasteiger partial charge in [-0.1, -0.05) is 60.7 Å². The van der Waals surface area contributed by atoms with E-state index in [-0.39, 0.29) is 19.8 Å². The lowest BCUT2D eigenvalue weighted by atomic mass is 10.1. The number of carbonyl (C=O) groups is 3. The van der Waals surface area contributed by atoms with Gasteiger partial charge in [0.15, 0.2) is 12.5 Å². The highest BCUT2D eigenvalue weighted by Gasteiger charge is 2.34. The van der Waals surface area contributed by atoms with E-state index in [0.29, 0.717) is 6.42 Å². The van der Waals surface area contributed by atoms with E-state index in [2.05, 4.69) is 5.32 Å². The van der Waals surface area contributed by atoms with Crippen molar-refractivity contribution in [3.8, 4) is 0 Å². The molecule has 0 saturated carbocycles. The molecule has 0 bridgehead atoms. The van der Waals surface area contributed by atoms with Gasteiger partial charge in [0.1, 0.15) is 13.0 Å². The molecule has 2 aromatic rings. The van der Waals surface area contributed by atoms with Crippen molar-refractivity contribution in [2.24, 2.45) is 0 Å². The number of rotatable bonds is 13. The highest BCUT2D eigenvalue weighted by molar-refractivity contribution is 5.94. The van der Waals surface area contributed by atoms with Crippen molar-refractivity contribution in [1.29, 1.82) is 0 Å². The van der Waals surface area contributed by atoms with E-state index in [1.807, 2.05) is 60.7 Å². The number of ether oxygens (including phenoxy) is 4. The molecular formula is C25H32N2O7. The average molecular weight is 473 g/mol. The van der Waals surface area contributed by atoms with Crippen LogP contribution in [0.3, 0.4) is 0 Å². The second-order valence-electron chi connectivity index (χ2n) is 7.30. The molecule has 0 fully saturated rings. The minimum Gasteiger partial charge on any atom is -0.466 e. The minimum absolute atomic E-state index is 0.0464. The van der Waals surface area contributed by atoms with Gasteiger partial charge in [-0.15, -0.1) is 0 Å². The second-order valence-corrected chi connectivity index (χ2v) is 7.30. The number of methoxy groups -OCH3 is 2. The van der Waals surface area contributed by atoms with Crippen LogP contribution in [0.5, 0.6) is 0 Å². The molecule has 0 aliphatic rings. The van der Waals surface area contributed by atoms with E-state index in [1.165, 1.54) is 19.1 Å². The SMILES string of the molecule is CCOC(=O)CC(=O)N(CCc1ccccc1)[C@H](NC(=O)OCc1ccccc1)C(OC)OC. The van der Waals surface area contributed by atoms with Crippen LogP contribution in [0.15, 0.2) is 60.7 Å². The number of alkyl carbamates (subject to hydrolysis) is 1. The van der Waals surface area contributed by atoms with Crippen molar-refractivity contribution in [3.05, 3.63) is 71.8 Å². The lowest BCUT2D eigenvalue weighted by Gasteiger charge is -2.35. The Kier molecular flexibility index (Phi) is 11.6. The maximum Gasteiger partial charge on any atom is 0.409 e. The maximum atomic E-state index is 13.1. The standard InChI is InChI=1S/C25H32N2O7/c1-4-33-22(29)17-21(28)27(16-15-19-11-7-5-8-12-19)23(24(31-2)32-3)26-25(30)34-18-20-13-9-6-10-14-20/h5-14,23-24H,4,15-18H2,1-3H3,(H,26,30)/t23-/m0/s1. The normalized spacial score (nSPS) is 11.5. The van der Waals surface area contributed by atoms with Gasteiger partial charge < -0.3 is 23.8 Å². The Balaban J connectivity index is 2.20. The summed E-state index contributed by atoms with van der Waals surface area (Å²) in [7, 11) is 2.78. The van der Waals surface area contributed by atoms with Crippen molar-refractivity contribution in [1.82, 2.24) is 10.2 Å². The Labute approximate surface area is 199 Å². The van der Waals surface area contributed by atoms with Crippen LogP contribution in [-0.2, 0) is 41.6 Å². The van der Waals surface area contributed by atoms with Gasteiger partial charge in [0.05, 0.1) is 6.61 Å². The summed E-state index contributed by atoms with van der Waals surface area (Å²) >= 11 is 0. The summed E-state index contributed by atoms with van der Waals surface area (Å²) in [6, 6.07) is 18.7. The molecule has 0 saturated heterocycles. The molecule has 0 radical (unpaired) electrons. The molecule has 0 spiro atoms. The van der Waals surface area contributed by atoms with Crippen molar-refractivity contribution in [2.75, 3.05) is 27.4 Å². The van der Waals surface area contributed by atoms with Crippen molar-refractivity contribution < 1.29 is 33.3 Å². The van der Waals surface area contributed by atoms with Crippen molar-refractivity contribution >= 4 is 18.0 Å². The van der Waals surface area contributed by atoms with Crippen LogP contribution in [0, 0.1) is 0 Å². The third-order valence-corrected chi connectivity index (χ3v) is 4.94. The van der Waals surface area contributed by atoms with Crippen LogP contribution in [0.2, 0.25) is 0 Å². The second kappa shape index (κ2) is 14.7. The molecule has 2 rings (SSSR count). The molecule has 1 N–H and O–H groups in total. The minimum atomic E-state index is -1.05. The van der Waals surface area contributed by atoms with E-state index < -0.39 is 36.8 Å². The summed E-state index contributed by atoms with van der Waals surface area (Å²) in [6.07, 6.45) is -2.83. The molecule has 9 nitrogen and oxygen atoms in total. The van der Waals surface area contributed by atoms with E-state index in [0.717, 1.165) is 11.1 Å². The fourth-order valence-electron chi connectivity index (χ4n) is 3.28. The molecule has 9 heteroatoms. The third kappa shape index (κ3) is 8.84. The predicted octanol–water partition coefficient (Wildman–Crippen LogP) is 2.88. The van der Waals surface area contributed by atoms with E-state index in [9.17, 15) is 14.4 Å². The first-order valence-corrected chi connectivity index (χ1v) is 11.0. The van der Waals surface area contributed by atoms with Crippen LogP contribution in [-0.4, -0.2) is 62.7 Å². The van der Waals surface area contributed by atoms with Gasteiger partial charge >= 0.3 is 12.1 Å². The Hall–Kier alpha value is -3.43. The van der Waals surface area contributed by atoms with Gasteiger partial charge in [0, 0.05) is 20.8 Å². The first kappa shape index (κ1) is 26.8. The monoisotopic (exact) mass is 472 g/mol. The Morgan fingerprint density at radius 3 is 2.03 bits per heavy atom. The van der Waals surface area contributed by atoms with Crippen molar-refractivity contribution in [2.45, 2.75) is 38.8 Å². The summed E-state index contributed by atoms with van der Waals surface area (Å²) in [4.78, 5) is 39.1. The van der Waals surface area contributed by atoms with Gasteiger partial charge in [0.25, 0.3) is 0 Å². The van der Waals surface area contributed by atoms with Gasteiger partial charge in [-0.3, -0.25) is 14.9 Å². The quantitative estimate of drug-likeness (QED) is 0.272. The number of esters is 1. The number of amides is 2. The molecule has 1 atom stereocenters. The Bertz CT molecular complexity index is 889.